The number of carbonyl (C=O) groups excluding carboxylic acids is 2. The maximum atomic E-state index is 11.9. The first-order valence-corrected chi connectivity index (χ1v) is 10.0. The van der Waals surface area contributed by atoms with Crippen LogP contribution in [0.1, 0.15) is 46.0 Å². The van der Waals surface area contributed by atoms with Crippen LogP contribution >= 0.6 is 0 Å². The van der Waals surface area contributed by atoms with E-state index in [1.165, 1.54) is 5.57 Å². The Hall–Kier alpha value is -1.82. The number of alkyl carbamates (subject to hydrolysis) is 1. The van der Waals surface area contributed by atoms with Gasteiger partial charge in [-0.25, -0.2) is 4.79 Å². The fourth-order valence-electron chi connectivity index (χ4n) is 4.83. The summed E-state index contributed by atoms with van der Waals surface area (Å²) in [5, 5.41) is 12.4. The van der Waals surface area contributed by atoms with Crippen molar-refractivity contribution in [2.24, 2.45) is 23.7 Å². The number of rotatable bonds is 4. The van der Waals surface area contributed by atoms with Gasteiger partial charge in [0.2, 0.25) is 0 Å². The molecule has 1 fully saturated rings. The molecule has 0 saturated carbocycles. The van der Waals surface area contributed by atoms with E-state index in [4.69, 9.17) is 9.47 Å². The predicted octanol–water partition coefficient (Wildman–Crippen LogP) is 2.96. The molecule has 27 heavy (non-hydrogen) atoms. The third kappa shape index (κ3) is 4.72. The second-order valence-electron chi connectivity index (χ2n) is 8.26. The first-order chi connectivity index (χ1) is 12.9. The zero-order valence-electron chi connectivity index (χ0n) is 16.4. The average molecular weight is 377 g/mol. The number of nitrogens with one attached hydrogen (secondary N) is 1. The Morgan fingerprint density at radius 2 is 2.11 bits per heavy atom. The Morgan fingerprint density at radius 1 is 1.33 bits per heavy atom. The highest BCUT2D eigenvalue weighted by Gasteiger charge is 2.41. The van der Waals surface area contributed by atoms with E-state index in [0.717, 1.165) is 19.3 Å². The number of cyclic esters (lactones) is 1. The van der Waals surface area contributed by atoms with Crippen molar-refractivity contribution in [3.63, 3.8) is 0 Å². The lowest BCUT2D eigenvalue weighted by molar-refractivity contribution is -0.160. The van der Waals surface area contributed by atoms with E-state index in [2.05, 4.69) is 37.4 Å². The molecule has 0 aromatic rings. The van der Waals surface area contributed by atoms with Crippen LogP contribution in [0.15, 0.2) is 23.8 Å². The molecule has 0 unspecified atom stereocenters. The van der Waals surface area contributed by atoms with Gasteiger partial charge in [-0.3, -0.25) is 4.79 Å². The summed E-state index contributed by atoms with van der Waals surface area (Å²) in [6.45, 7) is 4.34. The topological polar surface area (TPSA) is 84.9 Å². The molecule has 3 rings (SSSR count). The van der Waals surface area contributed by atoms with Crippen molar-refractivity contribution in [3.05, 3.63) is 23.8 Å². The Kier molecular flexibility index (Phi) is 6.25. The maximum absolute atomic E-state index is 11.9. The zero-order valence-corrected chi connectivity index (χ0v) is 16.4. The first-order valence-electron chi connectivity index (χ1n) is 10.0. The van der Waals surface area contributed by atoms with Crippen LogP contribution in [0.5, 0.6) is 0 Å². The molecular weight excluding hydrogens is 346 g/mol. The highest BCUT2D eigenvalue weighted by Crippen LogP contribution is 2.45. The highest BCUT2D eigenvalue weighted by atomic mass is 16.6. The lowest BCUT2D eigenvalue weighted by atomic mass is 9.65. The van der Waals surface area contributed by atoms with Crippen LogP contribution < -0.4 is 5.32 Å². The quantitative estimate of drug-likeness (QED) is 0.736. The molecule has 1 amide bonds. The van der Waals surface area contributed by atoms with Crippen LogP contribution in [0, 0.1) is 23.7 Å². The SMILES string of the molecule is CNC(=O)O[C@H]1C[C@@H](C)C=C2C=C[C@H](C)[C@H](CC[C@@H]3C[C@@H](O)CC(=O)O3)[C@H]21. The fourth-order valence-corrected chi connectivity index (χ4v) is 4.83. The number of esters is 1. The summed E-state index contributed by atoms with van der Waals surface area (Å²) < 4.78 is 11.2. The van der Waals surface area contributed by atoms with Gasteiger partial charge in [0.1, 0.15) is 12.2 Å². The molecule has 0 aromatic carbocycles. The largest absolute Gasteiger partial charge is 0.462 e. The lowest BCUT2D eigenvalue weighted by Gasteiger charge is -2.43. The molecular formula is C21H31NO5. The van der Waals surface area contributed by atoms with Gasteiger partial charge in [0.15, 0.2) is 0 Å². The number of carbonyl (C=O) groups is 2. The number of amides is 1. The number of aliphatic hydroxyl groups is 1. The van der Waals surface area contributed by atoms with E-state index in [1.807, 2.05) is 0 Å². The van der Waals surface area contributed by atoms with Gasteiger partial charge >= 0.3 is 12.1 Å². The summed E-state index contributed by atoms with van der Waals surface area (Å²) >= 11 is 0. The van der Waals surface area contributed by atoms with Crippen LogP contribution in [0.2, 0.25) is 0 Å². The molecule has 1 saturated heterocycles. The van der Waals surface area contributed by atoms with Gasteiger partial charge in [-0.1, -0.05) is 32.1 Å². The molecule has 150 valence electrons. The molecule has 1 heterocycles. The summed E-state index contributed by atoms with van der Waals surface area (Å²) in [4.78, 5) is 23.5. The molecule has 0 spiro atoms. The molecule has 1 aliphatic heterocycles. The smallest absolute Gasteiger partial charge is 0.407 e. The van der Waals surface area contributed by atoms with E-state index in [-0.39, 0.29) is 30.5 Å². The minimum atomic E-state index is -0.602. The Labute approximate surface area is 161 Å². The molecule has 7 atom stereocenters. The van der Waals surface area contributed by atoms with Crippen LogP contribution in [-0.4, -0.2) is 42.5 Å². The number of allylic oxidation sites excluding steroid dienone is 3. The fraction of sp³-hybridized carbons (Fsp3) is 0.714. The molecule has 2 N–H and O–H groups in total. The third-order valence-electron chi connectivity index (χ3n) is 6.12. The first kappa shape index (κ1) is 19.9. The van der Waals surface area contributed by atoms with Crippen molar-refractivity contribution in [2.45, 2.75) is 64.3 Å². The predicted molar refractivity (Wildman–Crippen MR) is 101 cm³/mol. The minimum absolute atomic E-state index is 0.0918. The van der Waals surface area contributed by atoms with Crippen LogP contribution in [0.25, 0.3) is 0 Å². The maximum Gasteiger partial charge on any atom is 0.407 e. The minimum Gasteiger partial charge on any atom is -0.462 e. The number of ether oxygens (including phenoxy) is 2. The number of aliphatic hydroxyl groups excluding tert-OH is 1. The average Bonchev–Trinajstić information content (AvgIpc) is 2.60. The van der Waals surface area contributed by atoms with Crippen LogP contribution in [-0.2, 0) is 14.3 Å². The number of fused-ring (bicyclic) bond motifs is 1. The van der Waals surface area contributed by atoms with Crippen molar-refractivity contribution in [3.8, 4) is 0 Å². The molecule has 3 aliphatic rings. The van der Waals surface area contributed by atoms with Gasteiger partial charge in [-0.05, 0) is 42.6 Å². The van der Waals surface area contributed by atoms with E-state index in [0.29, 0.717) is 24.2 Å². The molecule has 6 nitrogen and oxygen atoms in total. The summed E-state index contributed by atoms with van der Waals surface area (Å²) in [7, 11) is 1.58. The van der Waals surface area contributed by atoms with Crippen LogP contribution in [0.3, 0.4) is 0 Å². The lowest BCUT2D eigenvalue weighted by Crippen LogP contribution is -2.42. The third-order valence-corrected chi connectivity index (χ3v) is 6.12. The van der Waals surface area contributed by atoms with Crippen LogP contribution in [0.4, 0.5) is 4.79 Å². The van der Waals surface area contributed by atoms with Crippen molar-refractivity contribution in [1.82, 2.24) is 5.32 Å². The van der Waals surface area contributed by atoms with E-state index < -0.39 is 12.2 Å². The Bertz CT molecular complexity index is 628. The number of hydrogen-bond acceptors (Lipinski definition) is 5. The van der Waals surface area contributed by atoms with Gasteiger partial charge in [0.25, 0.3) is 0 Å². The molecule has 6 heteroatoms. The van der Waals surface area contributed by atoms with E-state index in [1.54, 1.807) is 7.05 Å². The van der Waals surface area contributed by atoms with Crippen molar-refractivity contribution in [2.75, 3.05) is 7.05 Å². The second-order valence-corrected chi connectivity index (χ2v) is 8.26. The summed E-state index contributed by atoms with van der Waals surface area (Å²) in [6, 6.07) is 0. The van der Waals surface area contributed by atoms with Crippen molar-refractivity contribution in [1.29, 1.82) is 0 Å². The van der Waals surface area contributed by atoms with Gasteiger partial charge in [-0.15, -0.1) is 0 Å². The normalized spacial score (nSPS) is 38.4. The van der Waals surface area contributed by atoms with Gasteiger partial charge in [0, 0.05) is 19.4 Å². The summed E-state index contributed by atoms with van der Waals surface area (Å²) in [5.74, 6) is 0.853. The van der Waals surface area contributed by atoms with E-state index in [9.17, 15) is 14.7 Å². The summed E-state index contributed by atoms with van der Waals surface area (Å²) in [6.07, 6.45) is 8.30. The molecule has 0 radical (unpaired) electrons. The van der Waals surface area contributed by atoms with E-state index >= 15 is 0 Å². The standard InChI is InChI=1S/C21H31NO5/c1-12-8-14-5-4-13(2)17(20(14)18(9-12)27-21(25)22-3)7-6-16-10-15(23)11-19(24)26-16/h4-5,8,12-13,15-18,20,23H,6-7,9-11H2,1-3H3,(H,22,25)/t12-,13-,15+,16+,17-,18-,20-/m0/s1. The van der Waals surface area contributed by atoms with Gasteiger partial charge in [-0.2, -0.15) is 0 Å². The second kappa shape index (κ2) is 8.46. The monoisotopic (exact) mass is 377 g/mol. The Balaban J connectivity index is 1.74. The molecule has 2 aliphatic carbocycles. The van der Waals surface area contributed by atoms with Gasteiger partial charge in [0.05, 0.1) is 12.5 Å². The molecule has 0 aromatic heterocycles. The zero-order chi connectivity index (χ0) is 19.6. The van der Waals surface area contributed by atoms with Crippen molar-refractivity contribution < 1.29 is 24.2 Å². The number of hydrogen-bond donors (Lipinski definition) is 2. The Morgan fingerprint density at radius 3 is 2.81 bits per heavy atom. The summed E-state index contributed by atoms with van der Waals surface area (Å²) in [5.41, 5.74) is 1.24. The van der Waals surface area contributed by atoms with Gasteiger partial charge < -0.3 is 19.9 Å². The molecule has 0 bridgehead atoms. The highest BCUT2D eigenvalue weighted by molar-refractivity contribution is 5.71. The van der Waals surface area contributed by atoms with Crippen molar-refractivity contribution >= 4 is 12.1 Å².